The fraction of sp³-hybridized carbons (Fsp3) is 0.214. The molecule has 10 heteroatoms. The predicted molar refractivity (Wildman–Crippen MR) is 82.5 cm³/mol. The molecule has 0 radical (unpaired) electrons. The fourth-order valence-electron chi connectivity index (χ4n) is 2.17. The van der Waals surface area contributed by atoms with E-state index in [0.29, 0.717) is 0 Å². The van der Waals surface area contributed by atoms with Crippen molar-refractivity contribution >= 4 is 27.1 Å². The molecule has 0 N–H and O–H groups in total. The molecular formula is C14H13N3O6S. The van der Waals surface area contributed by atoms with E-state index < -0.39 is 38.1 Å². The molecule has 2 aromatic rings. The third kappa shape index (κ3) is 3.38. The Kier molecular flexibility index (Phi) is 4.60. The van der Waals surface area contributed by atoms with Gasteiger partial charge in [0.15, 0.2) is 21.7 Å². The lowest BCUT2D eigenvalue weighted by molar-refractivity contribution is -0.385. The Bertz CT molecular complexity index is 918. The molecule has 0 bridgehead atoms. The predicted octanol–water partition coefficient (Wildman–Crippen LogP) is 1.21. The maximum atomic E-state index is 12.6. The van der Waals surface area contributed by atoms with Gasteiger partial charge in [-0.05, 0) is 25.1 Å². The Balaban J connectivity index is 2.60. The summed E-state index contributed by atoms with van der Waals surface area (Å²) >= 11 is 0. The molecule has 0 saturated carbocycles. The zero-order valence-electron chi connectivity index (χ0n) is 12.7. The first-order valence-electron chi connectivity index (χ1n) is 6.65. The van der Waals surface area contributed by atoms with Gasteiger partial charge < -0.3 is 0 Å². The highest BCUT2D eigenvalue weighted by Gasteiger charge is 2.32. The monoisotopic (exact) mass is 351 g/mol. The van der Waals surface area contributed by atoms with Crippen molar-refractivity contribution in [2.24, 2.45) is 0 Å². The number of carbonyl (C=O) groups excluding carboxylic acids is 2. The standard InChI is InChI=1S/C14H13N3O6S/c1-9(18)13(16-7-3-6-15-16)14(19)11-5-4-10(24(2,22)23)8-12(11)17(20)21/h3-8,13H,1-2H3. The summed E-state index contributed by atoms with van der Waals surface area (Å²) in [5.74, 6) is -1.39. The van der Waals surface area contributed by atoms with Gasteiger partial charge in [0.05, 0.1) is 15.4 Å². The molecule has 0 aliphatic carbocycles. The molecular weight excluding hydrogens is 338 g/mol. The third-order valence-electron chi connectivity index (χ3n) is 3.28. The van der Waals surface area contributed by atoms with E-state index in [-0.39, 0.29) is 10.5 Å². The van der Waals surface area contributed by atoms with Crippen LogP contribution in [0, 0.1) is 10.1 Å². The molecule has 0 fully saturated rings. The zero-order chi connectivity index (χ0) is 18.1. The summed E-state index contributed by atoms with van der Waals surface area (Å²) in [6.45, 7) is 1.17. The van der Waals surface area contributed by atoms with Crippen LogP contribution in [-0.2, 0) is 14.6 Å². The molecule has 0 saturated heterocycles. The summed E-state index contributed by atoms with van der Waals surface area (Å²) in [6, 6.07) is 3.09. The minimum atomic E-state index is -3.68. The number of carbonyl (C=O) groups is 2. The Hall–Kier alpha value is -2.88. The van der Waals surface area contributed by atoms with Crippen LogP contribution in [0.5, 0.6) is 0 Å². The van der Waals surface area contributed by atoms with Crippen LogP contribution in [0.3, 0.4) is 0 Å². The van der Waals surface area contributed by atoms with Gasteiger partial charge in [0.2, 0.25) is 5.78 Å². The molecule has 0 spiro atoms. The summed E-state index contributed by atoms with van der Waals surface area (Å²) < 4.78 is 24.2. The quantitative estimate of drug-likeness (QED) is 0.331. The topological polar surface area (TPSA) is 129 Å². The van der Waals surface area contributed by atoms with Gasteiger partial charge in [-0.2, -0.15) is 5.10 Å². The van der Waals surface area contributed by atoms with Gasteiger partial charge in [-0.3, -0.25) is 24.4 Å². The number of rotatable bonds is 6. The van der Waals surface area contributed by atoms with Gasteiger partial charge in [0.25, 0.3) is 5.69 Å². The average molecular weight is 351 g/mol. The van der Waals surface area contributed by atoms with Gasteiger partial charge in [0, 0.05) is 24.7 Å². The average Bonchev–Trinajstić information content (AvgIpc) is 2.99. The van der Waals surface area contributed by atoms with E-state index in [1.807, 2.05) is 0 Å². The fourth-order valence-corrected chi connectivity index (χ4v) is 2.81. The molecule has 1 unspecified atom stereocenters. The van der Waals surface area contributed by atoms with E-state index in [2.05, 4.69) is 5.10 Å². The number of nitro benzene ring substituents is 1. The lowest BCUT2D eigenvalue weighted by Gasteiger charge is -2.13. The van der Waals surface area contributed by atoms with Crippen LogP contribution in [0.2, 0.25) is 0 Å². The maximum Gasteiger partial charge on any atom is 0.281 e. The van der Waals surface area contributed by atoms with Crippen LogP contribution in [0.4, 0.5) is 5.69 Å². The first-order valence-corrected chi connectivity index (χ1v) is 8.54. The van der Waals surface area contributed by atoms with Crippen molar-refractivity contribution in [3.05, 3.63) is 52.3 Å². The second-order valence-corrected chi connectivity index (χ2v) is 7.09. The molecule has 24 heavy (non-hydrogen) atoms. The number of Topliss-reactive ketones (excluding diaryl/α,β-unsaturated/α-hetero) is 2. The van der Waals surface area contributed by atoms with Gasteiger partial charge >= 0.3 is 0 Å². The second-order valence-electron chi connectivity index (χ2n) is 5.07. The Labute approximate surface area is 137 Å². The van der Waals surface area contributed by atoms with Gasteiger partial charge in [-0.15, -0.1) is 0 Å². The largest absolute Gasteiger partial charge is 0.297 e. The van der Waals surface area contributed by atoms with Crippen LogP contribution in [0.25, 0.3) is 0 Å². The van der Waals surface area contributed by atoms with Crippen molar-refractivity contribution in [3.63, 3.8) is 0 Å². The highest BCUT2D eigenvalue weighted by atomic mass is 32.2. The van der Waals surface area contributed by atoms with E-state index >= 15 is 0 Å². The number of nitrogens with zero attached hydrogens (tertiary/aromatic N) is 3. The lowest BCUT2D eigenvalue weighted by atomic mass is 10.00. The molecule has 0 aliphatic heterocycles. The van der Waals surface area contributed by atoms with Crippen LogP contribution < -0.4 is 0 Å². The Morgan fingerprint density at radius 2 is 2.00 bits per heavy atom. The molecule has 1 atom stereocenters. The number of sulfone groups is 1. The summed E-state index contributed by atoms with van der Waals surface area (Å²) in [5, 5.41) is 15.1. The van der Waals surface area contributed by atoms with Crippen molar-refractivity contribution in [3.8, 4) is 0 Å². The Morgan fingerprint density at radius 3 is 2.46 bits per heavy atom. The molecule has 9 nitrogen and oxygen atoms in total. The second kappa shape index (κ2) is 6.32. The minimum absolute atomic E-state index is 0.288. The molecule has 1 aromatic heterocycles. The molecule has 2 rings (SSSR count). The Morgan fingerprint density at radius 1 is 1.33 bits per heavy atom. The first-order chi connectivity index (χ1) is 11.1. The smallest absolute Gasteiger partial charge is 0.281 e. The van der Waals surface area contributed by atoms with E-state index in [9.17, 15) is 28.1 Å². The van der Waals surface area contributed by atoms with E-state index in [1.54, 1.807) is 0 Å². The zero-order valence-corrected chi connectivity index (χ0v) is 13.6. The minimum Gasteiger partial charge on any atom is -0.297 e. The van der Waals surface area contributed by atoms with Gasteiger partial charge in [0.1, 0.15) is 0 Å². The van der Waals surface area contributed by atoms with E-state index in [1.165, 1.54) is 25.4 Å². The molecule has 1 heterocycles. The van der Waals surface area contributed by atoms with Crippen LogP contribution in [0.15, 0.2) is 41.6 Å². The number of nitro groups is 1. The number of hydrogen-bond acceptors (Lipinski definition) is 7. The molecule has 0 aliphatic rings. The molecule has 0 amide bonds. The number of aromatic nitrogens is 2. The number of ketones is 2. The van der Waals surface area contributed by atoms with Gasteiger partial charge in [-0.25, -0.2) is 8.42 Å². The van der Waals surface area contributed by atoms with Crippen molar-refractivity contribution in [2.45, 2.75) is 17.9 Å². The van der Waals surface area contributed by atoms with E-state index in [0.717, 1.165) is 29.1 Å². The van der Waals surface area contributed by atoms with Crippen molar-refractivity contribution < 1.29 is 22.9 Å². The van der Waals surface area contributed by atoms with E-state index in [4.69, 9.17) is 0 Å². The summed E-state index contributed by atoms with van der Waals surface area (Å²) in [6.07, 6.45) is 3.65. The summed E-state index contributed by atoms with van der Waals surface area (Å²) in [4.78, 5) is 34.5. The van der Waals surface area contributed by atoms with Crippen LogP contribution >= 0.6 is 0 Å². The SMILES string of the molecule is CC(=O)C(C(=O)c1ccc(S(C)(=O)=O)cc1[N+](=O)[O-])n1cccn1. The third-order valence-corrected chi connectivity index (χ3v) is 4.39. The first kappa shape index (κ1) is 17.5. The highest BCUT2D eigenvalue weighted by molar-refractivity contribution is 7.90. The normalized spacial score (nSPS) is 12.6. The van der Waals surface area contributed by atoms with Crippen LogP contribution in [0.1, 0.15) is 23.3 Å². The van der Waals surface area contributed by atoms with Crippen molar-refractivity contribution in [1.29, 1.82) is 0 Å². The van der Waals surface area contributed by atoms with Crippen molar-refractivity contribution in [2.75, 3.05) is 6.26 Å². The number of hydrogen-bond donors (Lipinski definition) is 0. The lowest BCUT2D eigenvalue weighted by Crippen LogP contribution is -2.27. The highest BCUT2D eigenvalue weighted by Crippen LogP contribution is 2.27. The molecule has 126 valence electrons. The summed E-state index contributed by atoms with van der Waals surface area (Å²) in [5.41, 5.74) is -1.04. The maximum absolute atomic E-state index is 12.6. The van der Waals surface area contributed by atoms with Crippen LogP contribution in [-0.4, -0.2) is 40.9 Å². The van der Waals surface area contributed by atoms with Crippen molar-refractivity contribution in [1.82, 2.24) is 9.78 Å². The summed E-state index contributed by atoms with van der Waals surface area (Å²) in [7, 11) is -3.68. The number of benzene rings is 1. The molecule has 1 aromatic carbocycles. The van der Waals surface area contributed by atoms with Gasteiger partial charge in [-0.1, -0.05) is 0 Å².